The van der Waals surface area contributed by atoms with Crippen LogP contribution < -0.4 is 21.3 Å². The molecule has 4 aromatic rings. The van der Waals surface area contributed by atoms with Gasteiger partial charge in [-0.2, -0.15) is 5.10 Å². The Hall–Kier alpha value is -4.73. The SMILES string of the molecule is COc1cn(C(Cc2ccn(C)n2)C(=O)Nc2ccc(C(N)=O)nc2)c(=O)cc1-c1cc(C)ccc1C(C)C. The summed E-state index contributed by atoms with van der Waals surface area (Å²) >= 11 is 0. The van der Waals surface area contributed by atoms with Gasteiger partial charge < -0.3 is 15.8 Å². The smallest absolute Gasteiger partial charge is 0.267 e. The number of nitrogens with one attached hydrogen (secondary N) is 1. The first-order valence-corrected chi connectivity index (χ1v) is 12.5. The molecule has 0 aliphatic carbocycles. The second-order valence-corrected chi connectivity index (χ2v) is 9.73. The summed E-state index contributed by atoms with van der Waals surface area (Å²) < 4.78 is 8.74. The van der Waals surface area contributed by atoms with Crippen LogP contribution in [-0.2, 0) is 18.3 Å². The standard InChI is InChI=1S/C29H32N6O4/c1-17(2)21-8-6-18(3)12-22(21)23-14-27(36)35(16-26(23)39-5)25(13-19-10-11-34(4)33-19)29(38)32-20-7-9-24(28(30)37)31-15-20/h6-12,14-17,25H,13H2,1-5H3,(H2,30,37)(H,32,38). The molecule has 0 saturated carbocycles. The van der Waals surface area contributed by atoms with E-state index in [9.17, 15) is 14.4 Å². The van der Waals surface area contributed by atoms with Crippen molar-refractivity contribution < 1.29 is 14.3 Å². The molecular weight excluding hydrogens is 496 g/mol. The van der Waals surface area contributed by atoms with E-state index in [1.165, 1.54) is 36.1 Å². The van der Waals surface area contributed by atoms with Gasteiger partial charge >= 0.3 is 0 Å². The molecule has 0 bridgehead atoms. The van der Waals surface area contributed by atoms with Crippen LogP contribution in [0.25, 0.3) is 11.1 Å². The molecule has 1 unspecified atom stereocenters. The normalized spacial score (nSPS) is 11.8. The van der Waals surface area contributed by atoms with Crippen LogP contribution in [0.4, 0.5) is 5.69 Å². The topological polar surface area (TPSA) is 134 Å². The van der Waals surface area contributed by atoms with Crippen LogP contribution in [0.2, 0.25) is 0 Å². The predicted octanol–water partition coefficient (Wildman–Crippen LogP) is 3.61. The fourth-order valence-corrected chi connectivity index (χ4v) is 4.48. The maximum Gasteiger partial charge on any atom is 0.267 e. The van der Waals surface area contributed by atoms with Crippen molar-refractivity contribution in [2.24, 2.45) is 12.8 Å². The molecule has 0 aliphatic rings. The Balaban J connectivity index is 1.78. The fourth-order valence-electron chi connectivity index (χ4n) is 4.48. The minimum absolute atomic E-state index is 0.0755. The number of carbonyl (C=O) groups is 2. The number of carbonyl (C=O) groups excluding carboxylic acids is 2. The van der Waals surface area contributed by atoms with E-state index in [-0.39, 0.29) is 23.6 Å². The maximum atomic E-state index is 13.6. The molecule has 2 amide bonds. The van der Waals surface area contributed by atoms with Crippen LogP contribution in [0.3, 0.4) is 0 Å². The first kappa shape index (κ1) is 27.3. The Kier molecular flexibility index (Phi) is 7.94. The zero-order valence-electron chi connectivity index (χ0n) is 22.6. The lowest BCUT2D eigenvalue weighted by Crippen LogP contribution is -2.34. The molecular formula is C29H32N6O4. The zero-order valence-corrected chi connectivity index (χ0v) is 22.6. The van der Waals surface area contributed by atoms with Gasteiger partial charge in [-0.15, -0.1) is 0 Å². The number of ether oxygens (including phenoxy) is 1. The van der Waals surface area contributed by atoms with Gasteiger partial charge in [0, 0.05) is 31.3 Å². The van der Waals surface area contributed by atoms with Gasteiger partial charge in [-0.1, -0.05) is 37.6 Å². The lowest BCUT2D eigenvalue weighted by atomic mass is 9.91. The molecule has 4 rings (SSSR count). The van der Waals surface area contributed by atoms with Gasteiger partial charge in [0.1, 0.15) is 17.5 Å². The number of pyridine rings is 2. The quantitative estimate of drug-likeness (QED) is 0.341. The van der Waals surface area contributed by atoms with Crippen molar-refractivity contribution in [2.45, 2.75) is 39.2 Å². The molecule has 10 nitrogen and oxygen atoms in total. The third-order valence-electron chi connectivity index (χ3n) is 6.48. The Bertz CT molecular complexity index is 1570. The molecule has 3 heterocycles. The van der Waals surface area contributed by atoms with Crippen molar-refractivity contribution in [3.8, 4) is 16.9 Å². The van der Waals surface area contributed by atoms with Crippen molar-refractivity contribution >= 4 is 17.5 Å². The summed E-state index contributed by atoms with van der Waals surface area (Å²) in [6.45, 7) is 6.19. The van der Waals surface area contributed by atoms with E-state index in [0.717, 1.165) is 16.7 Å². The molecule has 1 atom stereocenters. The first-order chi connectivity index (χ1) is 18.6. The van der Waals surface area contributed by atoms with Gasteiger partial charge in [-0.3, -0.25) is 23.6 Å². The van der Waals surface area contributed by atoms with E-state index in [1.54, 1.807) is 30.2 Å². The van der Waals surface area contributed by atoms with E-state index >= 15 is 0 Å². The third-order valence-corrected chi connectivity index (χ3v) is 6.48. The number of benzene rings is 1. The number of aromatic nitrogens is 4. The van der Waals surface area contributed by atoms with Crippen molar-refractivity contribution in [1.29, 1.82) is 0 Å². The molecule has 0 saturated heterocycles. The largest absolute Gasteiger partial charge is 0.495 e. The summed E-state index contributed by atoms with van der Waals surface area (Å²) in [4.78, 5) is 42.5. The lowest BCUT2D eigenvalue weighted by Gasteiger charge is -2.22. The van der Waals surface area contributed by atoms with E-state index in [4.69, 9.17) is 10.5 Å². The molecule has 39 heavy (non-hydrogen) atoms. The number of hydrogen-bond acceptors (Lipinski definition) is 6. The number of rotatable bonds is 9. The van der Waals surface area contributed by atoms with Crippen LogP contribution in [0.1, 0.15) is 53.1 Å². The van der Waals surface area contributed by atoms with Gasteiger partial charge in [0.2, 0.25) is 5.91 Å². The third kappa shape index (κ3) is 6.06. The molecule has 202 valence electrons. The average Bonchev–Trinajstić information content (AvgIpc) is 3.31. The summed E-state index contributed by atoms with van der Waals surface area (Å²) in [7, 11) is 3.32. The van der Waals surface area contributed by atoms with Gasteiger partial charge in [-0.05, 0) is 42.2 Å². The number of aryl methyl sites for hydroxylation is 2. The second kappa shape index (κ2) is 11.3. The Morgan fingerprint density at radius 3 is 2.46 bits per heavy atom. The molecule has 0 spiro atoms. The van der Waals surface area contributed by atoms with Gasteiger partial charge in [0.25, 0.3) is 11.5 Å². The number of primary amides is 1. The molecule has 1 aromatic carbocycles. The predicted molar refractivity (Wildman–Crippen MR) is 149 cm³/mol. The van der Waals surface area contributed by atoms with Gasteiger partial charge in [-0.25, -0.2) is 4.98 Å². The summed E-state index contributed by atoms with van der Waals surface area (Å²) in [6.07, 6.45) is 4.84. The molecule has 3 aromatic heterocycles. The average molecular weight is 529 g/mol. The highest BCUT2D eigenvalue weighted by Gasteiger charge is 2.26. The summed E-state index contributed by atoms with van der Waals surface area (Å²) in [5.41, 5.74) is 9.69. The van der Waals surface area contributed by atoms with Crippen LogP contribution in [0, 0.1) is 6.92 Å². The van der Waals surface area contributed by atoms with Crippen LogP contribution in [-0.4, -0.2) is 38.3 Å². The van der Waals surface area contributed by atoms with E-state index in [0.29, 0.717) is 22.7 Å². The minimum atomic E-state index is -0.951. The molecule has 3 N–H and O–H groups in total. The van der Waals surface area contributed by atoms with Crippen molar-refractivity contribution in [1.82, 2.24) is 19.3 Å². The Morgan fingerprint density at radius 1 is 1.10 bits per heavy atom. The van der Waals surface area contributed by atoms with Gasteiger partial charge in [0.15, 0.2) is 0 Å². The van der Waals surface area contributed by atoms with Crippen molar-refractivity contribution in [2.75, 3.05) is 12.4 Å². The Labute approximate surface area is 226 Å². The first-order valence-electron chi connectivity index (χ1n) is 12.5. The monoisotopic (exact) mass is 528 g/mol. The minimum Gasteiger partial charge on any atom is -0.495 e. The number of nitrogens with two attached hydrogens (primary N) is 1. The van der Waals surface area contributed by atoms with Crippen LogP contribution in [0.15, 0.2) is 65.8 Å². The molecule has 0 fully saturated rings. The molecule has 0 radical (unpaired) electrons. The van der Waals surface area contributed by atoms with E-state index < -0.39 is 17.9 Å². The zero-order chi connectivity index (χ0) is 28.3. The van der Waals surface area contributed by atoms with Gasteiger partial charge in [0.05, 0.1) is 30.9 Å². The number of hydrogen-bond donors (Lipinski definition) is 2. The summed E-state index contributed by atoms with van der Waals surface area (Å²) in [5.74, 6) is -0.433. The number of nitrogens with zero attached hydrogens (tertiary/aromatic N) is 4. The van der Waals surface area contributed by atoms with E-state index in [2.05, 4.69) is 35.3 Å². The highest BCUT2D eigenvalue weighted by atomic mass is 16.5. The molecule has 10 heteroatoms. The highest BCUT2D eigenvalue weighted by molar-refractivity contribution is 5.95. The van der Waals surface area contributed by atoms with Crippen LogP contribution >= 0.6 is 0 Å². The van der Waals surface area contributed by atoms with Crippen molar-refractivity contribution in [3.63, 3.8) is 0 Å². The number of methoxy groups -OCH3 is 1. The fraction of sp³-hybridized carbons (Fsp3) is 0.276. The Morgan fingerprint density at radius 2 is 1.87 bits per heavy atom. The lowest BCUT2D eigenvalue weighted by molar-refractivity contribution is -0.119. The molecule has 0 aliphatic heterocycles. The second-order valence-electron chi connectivity index (χ2n) is 9.73. The number of anilines is 1. The van der Waals surface area contributed by atoms with E-state index in [1.807, 2.05) is 19.1 Å². The summed E-state index contributed by atoms with van der Waals surface area (Å²) in [6, 6.07) is 11.5. The van der Waals surface area contributed by atoms with Crippen LogP contribution in [0.5, 0.6) is 5.75 Å². The summed E-state index contributed by atoms with van der Waals surface area (Å²) in [5, 5.41) is 7.19. The highest BCUT2D eigenvalue weighted by Crippen LogP contribution is 2.35. The number of amides is 2. The maximum absolute atomic E-state index is 13.6. The van der Waals surface area contributed by atoms with Crippen molar-refractivity contribution in [3.05, 3.63) is 93.9 Å².